The standard InChI is InChI=1S/C13H26N2O2/c14-10-12-2-1-3-13(12)11-17-9-6-15-4-7-16-8-5-15/h12-13H,1-11,14H2. The van der Waals surface area contributed by atoms with Crippen LogP contribution >= 0.6 is 0 Å². The summed E-state index contributed by atoms with van der Waals surface area (Å²) in [7, 11) is 0. The number of hydrogen-bond donors (Lipinski definition) is 1. The van der Waals surface area contributed by atoms with E-state index >= 15 is 0 Å². The molecule has 1 aliphatic carbocycles. The van der Waals surface area contributed by atoms with Crippen LogP contribution in [0.15, 0.2) is 0 Å². The molecule has 2 fully saturated rings. The summed E-state index contributed by atoms with van der Waals surface area (Å²) in [5, 5.41) is 0. The van der Waals surface area contributed by atoms with E-state index in [1.807, 2.05) is 0 Å². The predicted octanol–water partition coefficient (Wildman–Crippen LogP) is 0.710. The molecule has 17 heavy (non-hydrogen) atoms. The molecule has 0 aromatic heterocycles. The van der Waals surface area contributed by atoms with Crippen molar-refractivity contribution in [3.8, 4) is 0 Å². The first-order valence-electron chi connectivity index (χ1n) is 6.98. The molecule has 1 aliphatic heterocycles. The molecule has 1 heterocycles. The van der Waals surface area contributed by atoms with Crippen molar-refractivity contribution in [2.45, 2.75) is 19.3 Å². The van der Waals surface area contributed by atoms with Crippen molar-refractivity contribution in [2.24, 2.45) is 17.6 Å². The summed E-state index contributed by atoms with van der Waals surface area (Å²) in [5.41, 5.74) is 5.77. The summed E-state index contributed by atoms with van der Waals surface area (Å²) in [6.07, 6.45) is 3.94. The average Bonchev–Trinajstić information content (AvgIpc) is 2.83. The highest BCUT2D eigenvalue weighted by molar-refractivity contribution is 4.77. The highest BCUT2D eigenvalue weighted by Gasteiger charge is 2.25. The van der Waals surface area contributed by atoms with E-state index in [2.05, 4.69) is 4.90 Å². The van der Waals surface area contributed by atoms with Crippen LogP contribution in [0.4, 0.5) is 0 Å². The second kappa shape index (κ2) is 7.31. The lowest BCUT2D eigenvalue weighted by molar-refractivity contribution is 0.0138. The van der Waals surface area contributed by atoms with Crippen molar-refractivity contribution in [2.75, 3.05) is 52.6 Å². The Bertz CT molecular complexity index is 208. The maximum atomic E-state index is 5.81. The van der Waals surface area contributed by atoms with Crippen LogP contribution in [0.2, 0.25) is 0 Å². The third-order valence-corrected chi connectivity index (χ3v) is 4.11. The molecule has 0 aromatic carbocycles. The van der Waals surface area contributed by atoms with Crippen molar-refractivity contribution in [1.29, 1.82) is 0 Å². The quantitative estimate of drug-likeness (QED) is 0.697. The van der Waals surface area contributed by atoms with E-state index in [4.69, 9.17) is 15.2 Å². The van der Waals surface area contributed by atoms with Gasteiger partial charge in [0.2, 0.25) is 0 Å². The second-order valence-electron chi connectivity index (χ2n) is 5.22. The highest BCUT2D eigenvalue weighted by Crippen LogP contribution is 2.30. The second-order valence-corrected chi connectivity index (χ2v) is 5.22. The van der Waals surface area contributed by atoms with Crippen LogP contribution in [-0.4, -0.2) is 57.5 Å². The van der Waals surface area contributed by atoms with E-state index in [9.17, 15) is 0 Å². The van der Waals surface area contributed by atoms with Gasteiger partial charge in [-0.15, -0.1) is 0 Å². The van der Waals surface area contributed by atoms with Gasteiger partial charge in [0.15, 0.2) is 0 Å². The molecule has 1 saturated heterocycles. The van der Waals surface area contributed by atoms with Crippen LogP contribution in [0.25, 0.3) is 0 Å². The van der Waals surface area contributed by atoms with Gasteiger partial charge in [0, 0.05) is 26.2 Å². The molecule has 2 aliphatic rings. The van der Waals surface area contributed by atoms with Crippen LogP contribution in [-0.2, 0) is 9.47 Å². The van der Waals surface area contributed by atoms with Crippen molar-refractivity contribution in [3.05, 3.63) is 0 Å². The molecule has 4 nitrogen and oxygen atoms in total. The Balaban J connectivity index is 1.53. The molecule has 2 unspecified atom stereocenters. The minimum Gasteiger partial charge on any atom is -0.380 e. The van der Waals surface area contributed by atoms with Crippen LogP contribution < -0.4 is 5.73 Å². The Kier molecular flexibility index (Phi) is 5.71. The predicted molar refractivity (Wildman–Crippen MR) is 68.0 cm³/mol. The first-order chi connectivity index (χ1) is 8.40. The lowest BCUT2D eigenvalue weighted by Gasteiger charge is -2.26. The fraction of sp³-hybridized carbons (Fsp3) is 1.00. The topological polar surface area (TPSA) is 47.7 Å². The number of hydrogen-bond acceptors (Lipinski definition) is 4. The van der Waals surface area contributed by atoms with Crippen LogP contribution in [0.1, 0.15) is 19.3 Å². The zero-order chi connectivity index (χ0) is 11.9. The van der Waals surface area contributed by atoms with E-state index in [0.29, 0.717) is 11.8 Å². The van der Waals surface area contributed by atoms with Gasteiger partial charge >= 0.3 is 0 Å². The van der Waals surface area contributed by atoms with Gasteiger partial charge in [-0.1, -0.05) is 6.42 Å². The lowest BCUT2D eigenvalue weighted by atomic mass is 9.97. The summed E-state index contributed by atoms with van der Waals surface area (Å²) in [5.74, 6) is 1.42. The Morgan fingerprint density at radius 2 is 1.94 bits per heavy atom. The first kappa shape index (κ1) is 13.3. The van der Waals surface area contributed by atoms with Gasteiger partial charge in [0.25, 0.3) is 0 Å². The first-order valence-corrected chi connectivity index (χ1v) is 6.98. The van der Waals surface area contributed by atoms with Crippen molar-refractivity contribution >= 4 is 0 Å². The number of nitrogens with two attached hydrogens (primary N) is 1. The third kappa shape index (κ3) is 4.21. The van der Waals surface area contributed by atoms with E-state index in [0.717, 1.165) is 52.6 Å². The summed E-state index contributed by atoms with van der Waals surface area (Å²) in [6.45, 7) is 7.49. The minimum absolute atomic E-state index is 0.707. The molecule has 0 spiro atoms. The number of nitrogens with zero attached hydrogens (tertiary/aromatic N) is 1. The van der Waals surface area contributed by atoms with Gasteiger partial charge in [-0.25, -0.2) is 0 Å². The van der Waals surface area contributed by atoms with Gasteiger partial charge in [-0.05, 0) is 31.2 Å². The van der Waals surface area contributed by atoms with Gasteiger partial charge in [0.1, 0.15) is 0 Å². The smallest absolute Gasteiger partial charge is 0.0594 e. The molecule has 0 radical (unpaired) electrons. The van der Waals surface area contributed by atoms with Gasteiger partial charge < -0.3 is 15.2 Å². The monoisotopic (exact) mass is 242 g/mol. The summed E-state index contributed by atoms with van der Waals surface area (Å²) < 4.78 is 11.1. The minimum atomic E-state index is 0.707. The molecule has 2 atom stereocenters. The zero-order valence-corrected chi connectivity index (χ0v) is 10.8. The molecule has 2 N–H and O–H groups in total. The molecule has 4 heteroatoms. The number of ether oxygens (including phenoxy) is 2. The molecular formula is C13H26N2O2. The van der Waals surface area contributed by atoms with E-state index < -0.39 is 0 Å². The summed E-state index contributed by atoms with van der Waals surface area (Å²) >= 11 is 0. The van der Waals surface area contributed by atoms with Crippen molar-refractivity contribution < 1.29 is 9.47 Å². The van der Waals surface area contributed by atoms with Crippen LogP contribution in [0.5, 0.6) is 0 Å². The normalized spacial score (nSPS) is 30.9. The zero-order valence-electron chi connectivity index (χ0n) is 10.8. The van der Waals surface area contributed by atoms with Crippen molar-refractivity contribution in [1.82, 2.24) is 4.90 Å². The Morgan fingerprint density at radius 1 is 1.18 bits per heavy atom. The van der Waals surface area contributed by atoms with Crippen molar-refractivity contribution in [3.63, 3.8) is 0 Å². The molecule has 0 amide bonds. The molecule has 1 saturated carbocycles. The molecule has 0 bridgehead atoms. The van der Waals surface area contributed by atoms with E-state index in [1.54, 1.807) is 0 Å². The summed E-state index contributed by atoms with van der Waals surface area (Å²) in [6, 6.07) is 0. The maximum absolute atomic E-state index is 5.81. The van der Waals surface area contributed by atoms with E-state index in [-0.39, 0.29) is 0 Å². The fourth-order valence-electron chi connectivity index (χ4n) is 2.90. The maximum Gasteiger partial charge on any atom is 0.0594 e. The van der Waals surface area contributed by atoms with Gasteiger partial charge in [-0.3, -0.25) is 4.90 Å². The lowest BCUT2D eigenvalue weighted by Crippen LogP contribution is -2.38. The summed E-state index contributed by atoms with van der Waals surface area (Å²) in [4.78, 5) is 2.42. The van der Waals surface area contributed by atoms with E-state index in [1.165, 1.54) is 19.3 Å². The van der Waals surface area contributed by atoms with Crippen LogP contribution in [0, 0.1) is 11.8 Å². The number of rotatable bonds is 6. The molecule has 100 valence electrons. The Labute approximate surface area is 104 Å². The Morgan fingerprint density at radius 3 is 2.71 bits per heavy atom. The van der Waals surface area contributed by atoms with Crippen LogP contribution in [0.3, 0.4) is 0 Å². The molecule has 2 rings (SSSR count). The van der Waals surface area contributed by atoms with Gasteiger partial charge in [0.05, 0.1) is 19.8 Å². The van der Waals surface area contributed by atoms with Gasteiger partial charge in [-0.2, -0.15) is 0 Å². The SMILES string of the molecule is NCC1CCCC1COCCN1CCOCC1. The largest absolute Gasteiger partial charge is 0.380 e. The number of morpholine rings is 1. The highest BCUT2D eigenvalue weighted by atomic mass is 16.5. The third-order valence-electron chi connectivity index (χ3n) is 4.11. The fourth-order valence-corrected chi connectivity index (χ4v) is 2.90. The Hall–Kier alpha value is -0.160. The average molecular weight is 242 g/mol. The molecular weight excluding hydrogens is 216 g/mol. The molecule has 0 aromatic rings.